The van der Waals surface area contributed by atoms with E-state index in [2.05, 4.69) is 10.5 Å². The van der Waals surface area contributed by atoms with Crippen LogP contribution in [0.15, 0.2) is 10.6 Å². The molecule has 2 aliphatic rings. The van der Waals surface area contributed by atoms with Gasteiger partial charge in [0.15, 0.2) is 5.69 Å². The second kappa shape index (κ2) is 6.60. The van der Waals surface area contributed by atoms with Crippen LogP contribution >= 0.6 is 0 Å². The summed E-state index contributed by atoms with van der Waals surface area (Å²) in [4.78, 5) is 12.2. The molecule has 1 aromatic rings. The second-order valence-electron chi connectivity index (χ2n) is 6.38. The van der Waals surface area contributed by atoms with Crippen molar-refractivity contribution in [2.45, 2.75) is 51.0 Å². The van der Waals surface area contributed by atoms with Crippen LogP contribution in [0.1, 0.15) is 61.2 Å². The number of nitrogens with one attached hydrogen (secondary N) is 1. The fraction of sp³-hybridized carbons (Fsp3) is 0.733. The molecule has 1 aliphatic heterocycles. The van der Waals surface area contributed by atoms with Crippen LogP contribution in [0.2, 0.25) is 0 Å². The normalized spacial score (nSPS) is 22.4. The first-order valence-electron chi connectivity index (χ1n) is 8.25. The Hall–Kier alpha value is -1.41. The zero-order valence-electron chi connectivity index (χ0n) is 13.3. The average Bonchev–Trinajstić information content (AvgIpc) is 3.06. The standard InChI is InChI=1S/C15H23N3O4S/c1-2-3-8-23(20,21)18-7-6-12(10-18)16-15(19)13-9-14(22-17-13)11-4-5-11/h9,11-12H,2-8,10H2,1H3,(H,16,19)/t12-/m1/s1. The third-order valence-corrected chi connectivity index (χ3v) is 6.30. The molecular formula is C15H23N3O4S. The Morgan fingerprint density at radius 2 is 2.22 bits per heavy atom. The highest BCUT2D eigenvalue weighted by Gasteiger charge is 2.33. The average molecular weight is 341 g/mol. The van der Waals surface area contributed by atoms with Crippen molar-refractivity contribution in [3.8, 4) is 0 Å². The fourth-order valence-electron chi connectivity index (χ4n) is 2.77. The molecule has 1 N–H and O–H groups in total. The number of carbonyl (C=O) groups excluding carboxylic acids is 1. The summed E-state index contributed by atoms with van der Waals surface area (Å²) in [5, 5.41) is 6.67. The van der Waals surface area contributed by atoms with E-state index in [0.29, 0.717) is 31.8 Å². The fourth-order valence-corrected chi connectivity index (χ4v) is 4.47. The molecule has 0 spiro atoms. The molecule has 0 aromatic carbocycles. The molecule has 1 saturated heterocycles. The Bertz CT molecular complexity index is 666. The van der Waals surface area contributed by atoms with Crippen LogP contribution in [-0.4, -0.2) is 48.7 Å². The number of hydrogen-bond donors (Lipinski definition) is 1. The van der Waals surface area contributed by atoms with E-state index >= 15 is 0 Å². The van der Waals surface area contributed by atoms with Gasteiger partial charge in [-0.2, -0.15) is 4.31 Å². The predicted octanol–water partition coefficient (Wildman–Crippen LogP) is 1.49. The number of hydrogen-bond acceptors (Lipinski definition) is 5. The number of nitrogens with zero attached hydrogens (tertiary/aromatic N) is 2. The number of aromatic nitrogens is 1. The zero-order chi connectivity index (χ0) is 16.4. The van der Waals surface area contributed by atoms with Gasteiger partial charge in [-0.15, -0.1) is 0 Å². The quantitative estimate of drug-likeness (QED) is 0.811. The molecule has 1 atom stereocenters. The molecule has 0 radical (unpaired) electrons. The van der Waals surface area contributed by atoms with Crippen molar-refractivity contribution in [3.63, 3.8) is 0 Å². The van der Waals surface area contributed by atoms with E-state index in [4.69, 9.17) is 4.52 Å². The Morgan fingerprint density at radius 1 is 1.43 bits per heavy atom. The van der Waals surface area contributed by atoms with Crippen molar-refractivity contribution in [1.29, 1.82) is 0 Å². The van der Waals surface area contributed by atoms with Crippen molar-refractivity contribution < 1.29 is 17.7 Å². The van der Waals surface area contributed by atoms with Crippen LogP contribution in [0.3, 0.4) is 0 Å². The van der Waals surface area contributed by atoms with Gasteiger partial charge in [-0.05, 0) is 25.7 Å². The maximum absolute atomic E-state index is 12.2. The van der Waals surface area contributed by atoms with E-state index in [9.17, 15) is 13.2 Å². The van der Waals surface area contributed by atoms with Gasteiger partial charge in [-0.3, -0.25) is 4.79 Å². The van der Waals surface area contributed by atoms with Crippen LogP contribution in [0.25, 0.3) is 0 Å². The highest BCUT2D eigenvalue weighted by Crippen LogP contribution is 2.40. The van der Waals surface area contributed by atoms with E-state index in [0.717, 1.165) is 25.0 Å². The van der Waals surface area contributed by atoms with Crippen LogP contribution in [-0.2, 0) is 10.0 Å². The topological polar surface area (TPSA) is 92.5 Å². The molecule has 1 saturated carbocycles. The maximum Gasteiger partial charge on any atom is 0.273 e. The second-order valence-corrected chi connectivity index (χ2v) is 8.46. The summed E-state index contributed by atoms with van der Waals surface area (Å²) in [6.07, 6.45) is 4.32. The van der Waals surface area contributed by atoms with Gasteiger partial charge >= 0.3 is 0 Å². The molecule has 0 unspecified atom stereocenters. The minimum absolute atomic E-state index is 0.167. The molecule has 1 amide bonds. The van der Waals surface area contributed by atoms with Crippen molar-refractivity contribution in [3.05, 3.63) is 17.5 Å². The van der Waals surface area contributed by atoms with Gasteiger partial charge < -0.3 is 9.84 Å². The lowest BCUT2D eigenvalue weighted by molar-refractivity contribution is 0.0929. The molecule has 128 valence electrons. The summed E-state index contributed by atoms with van der Waals surface area (Å²) in [7, 11) is -3.21. The summed E-state index contributed by atoms with van der Waals surface area (Å²) < 4.78 is 31.0. The number of rotatable bonds is 7. The first kappa shape index (κ1) is 16.4. The maximum atomic E-state index is 12.2. The van der Waals surface area contributed by atoms with Gasteiger partial charge in [0, 0.05) is 31.1 Å². The van der Waals surface area contributed by atoms with Crippen LogP contribution in [0.4, 0.5) is 0 Å². The highest BCUT2D eigenvalue weighted by molar-refractivity contribution is 7.89. The third kappa shape index (κ3) is 3.92. The molecule has 0 bridgehead atoms. The lowest BCUT2D eigenvalue weighted by atomic mass is 10.2. The van der Waals surface area contributed by atoms with Gasteiger partial charge in [-0.25, -0.2) is 8.42 Å². The lowest BCUT2D eigenvalue weighted by Gasteiger charge is -2.16. The Labute approximate surface area is 136 Å². The summed E-state index contributed by atoms with van der Waals surface area (Å²) in [5.41, 5.74) is 0.277. The van der Waals surface area contributed by atoms with E-state index in [1.807, 2.05) is 6.92 Å². The molecule has 2 heterocycles. The van der Waals surface area contributed by atoms with E-state index in [1.54, 1.807) is 6.07 Å². The Balaban J connectivity index is 1.53. The van der Waals surface area contributed by atoms with Crippen LogP contribution < -0.4 is 5.32 Å². The summed E-state index contributed by atoms with van der Waals surface area (Å²) >= 11 is 0. The monoisotopic (exact) mass is 341 g/mol. The Morgan fingerprint density at radius 3 is 2.91 bits per heavy atom. The van der Waals surface area contributed by atoms with E-state index < -0.39 is 10.0 Å². The van der Waals surface area contributed by atoms with Crippen LogP contribution in [0.5, 0.6) is 0 Å². The van der Waals surface area contributed by atoms with Crippen molar-refractivity contribution in [2.75, 3.05) is 18.8 Å². The smallest absolute Gasteiger partial charge is 0.273 e. The SMILES string of the molecule is CCCCS(=O)(=O)N1CC[C@@H](NC(=O)c2cc(C3CC3)on2)C1. The highest BCUT2D eigenvalue weighted by atomic mass is 32.2. The van der Waals surface area contributed by atoms with E-state index in [1.165, 1.54) is 4.31 Å². The summed E-state index contributed by atoms with van der Waals surface area (Å²) in [5.74, 6) is 1.07. The lowest BCUT2D eigenvalue weighted by Crippen LogP contribution is -2.39. The molecule has 2 fully saturated rings. The molecule has 23 heavy (non-hydrogen) atoms. The summed E-state index contributed by atoms with van der Waals surface area (Å²) in [6, 6.07) is 1.53. The molecule has 7 nitrogen and oxygen atoms in total. The largest absolute Gasteiger partial charge is 0.360 e. The summed E-state index contributed by atoms with van der Waals surface area (Å²) in [6.45, 7) is 2.77. The predicted molar refractivity (Wildman–Crippen MR) is 84.6 cm³/mol. The minimum Gasteiger partial charge on any atom is -0.360 e. The number of sulfonamides is 1. The first-order valence-corrected chi connectivity index (χ1v) is 9.86. The van der Waals surface area contributed by atoms with Crippen molar-refractivity contribution >= 4 is 15.9 Å². The van der Waals surface area contributed by atoms with Gasteiger partial charge in [-0.1, -0.05) is 18.5 Å². The number of amides is 1. The number of unbranched alkanes of at least 4 members (excludes halogenated alkanes) is 1. The molecule has 8 heteroatoms. The number of carbonyl (C=O) groups is 1. The third-order valence-electron chi connectivity index (χ3n) is 4.38. The van der Waals surface area contributed by atoms with Gasteiger partial charge in [0.25, 0.3) is 5.91 Å². The van der Waals surface area contributed by atoms with Crippen molar-refractivity contribution in [1.82, 2.24) is 14.8 Å². The van der Waals surface area contributed by atoms with E-state index in [-0.39, 0.29) is 23.4 Å². The van der Waals surface area contributed by atoms with Crippen LogP contribution in [0, 0.1) is 0 Å². The zero-order valence-corrected chi connectivity index (χ0v) is 14.1. The van der Waals surface area contributed by atoms with Gasteiger partial charge in [0.2, 0.25) is 10.0 Å². The Kier molecular flexibility index (Phi) is 4.72. The minimum atomic E-state index is -3.21. The first-order chi connectivity index (χ1) is 11.0. The molecule has 3 rings (SSSR count). The molecular weight excluding hydrogens is 318 g/mol. The molecule has 1 aliphatic carbocycles. The van der Waals surface area contributed by atoms with Crippen molar-refractivity contribution in [2.24, 2.45) is 0 Å². The van der Waals surface area contributed by atoms with Gasteiger partial charge in [0.05, 0.1) is 5.75 Å². The molecule has 1 aromatic heterocycles. The van der Waals surface area contributed by atoms with Gasteiger partial charge in [0.1, 0.15) is 5.76 Å².